The molecule has 0 aromatic heterocycles. The van der Waals surface area contributed by atoms with Crippen molar-refractivity contribution < 1.29 is 22.4 Å². The monoisotopic (exact) mass is 197 g/mol. The summed E-state index contributed by atoms with van der Waals surface area (Å²) < 4.78 is 0. The second-order valence-electron chi connectivity index (χ2n) is 0.710. The minimum atomic E-state index is -0.403. The molecule has 0 N–H and O–H groups in total. The van der Waals surface area contributed by atoms with Crippen LogP contribution >= 0.6 is 0 Å². The fraction of sp³-hybridized carbons (Fsp3) is 0. The zero-order valence-corrected chi connectivity index (χ0v) is 5.13. The van der Waals surface area contributed by atoms with E-state index in [-0.39, 0.29) is 22.4 Å². The van der Waals surface area contributed by atoms with Crippen LogP contribution in [0.3, 0.4) is 0 Å². The molecule has 0 radical (unpaired) electrons. The average Bonchev–Trinajstić information content (AvgIpc) is 1.72. The van der Waals surface area contributed by atoms with E-state index in [1.54, 1.807) is 0 Å². The fourth-order valence-corrected chi connectivity index (χ4v) is 0.0750. The Balaban J connectivity index is 0. The van der Waals surface area contributed by atoms with Gasteiger partial charge in [-0.2, -0.15) is 0 Å². The summed E-state index contributed by atoms with van der Waals surface area (Å²) in [6.45, 7) is 0. The molecule has 0 amide bonds. The Hall–Kier alpha value is -0.920. The quantitative estimate of drug-likeness (QED) is 0.410. The van der Waals surface area contributed by atoms with Gasteiger partial charge in [0.05, 0.1) is 0 Å². The van der Waals surface area contributed by atoms with Gasteiger partial charge < -0.3 is 0 Å². The first kappa shape index (κ1) is 10.1. The van der Waals surface area contributed by atoms with E-state index in [1.165, 1.54) is 18.2 Å². The molecule has 8 heavy (non-hydrogen) atoms. The summed E-state index contributed by atoms with van der Waals surface area (Å²) in [5, 5.41) is 23.4. The van der Waals surface area contributed by atoms with E-state index in [0.717, 1.165) is 0 Å². The van der Waals surface area contributed by atoms with Crippen molar-refractivity contribution in [3.05, 3.63) is 5.92 Å². The standard InChI is InChI=1S/C4N3.Ag/c5-1-4(2-6)3-7;/q-1;+1. The van der Waals surface area contributed by atoms with Gasteiger partial charge in [-0.15, -0.1) is 0 Å². The van der Waals surface area contributed by atoms with Crippen molar-refractivity contribution in [1.29, 1.82) is 15.8 Å². The number of hydrogen-bond donors (Lipinski definition) is 0. The first-order valence-electron chi connectivity index (χ1n) is 1.42. The molecule has 0 heterocycles. The third-order valence-electron chi connectivity index (χ3n) is 0.335. The first-order chi connectivity index (χ1) is 3.35. The molecule has 0 fully saturated rings. The van der Waals surface area contributed by atoms with Crippen molar-refractivity contribution >= 4 is 0 Å². The van der Waals surface area contributed by atoms with Crippen LogP contribution in [0.25, 0.3) is 0 Å². The van der Waals surface area contributed by atoms with Crippen LogP contribution in [-0.4, -0.2) is 0 Å². The van der Waals surface area contributed by atoms with Crippen LogP contribution < -0.4 is 0 Å². The SMILES string of the molecule is N#C[C-](C#N)C#N.[Ag+]. The molecule has 0 aliphatic rings. The van der Waals surface area contributed by atoms with E-state index in [0.29, 0.717) is 0 Å². The van der Waals surface area contributed by atoms with E-state index < -0.39 is 5.92 Å². The van der Waals surface area contributed by atoms with Gasteiger partial charge in [0.25, 0.3) is 0 Å². The summed E-state index contributed by atoms with van der Waals surface area (Å²) in [5.74, 6) is -0.403. The molecular weight excluding hydrogens is 198 g/mol. The molecule has 0 rings (SSSR count). The van der Waals surface area contributed by atoms with Gasteiger partial charge in [0.2, 0.25) is 0 Å². The van der Waals surface area contributed by atoms with Crippen LogP contribution in [0.15, 0.2) is 0 Å². The second-order valence-corrected chi connectivity index (χ2v) is 0.710. The molecule has 0 spiro atoms. The predicted octanol–water partition coefficient (Wildman–Crippen LogP) is 0.129. The zero-order valence-electron chi connectivity index (χ0n) is 3.64. The maximum atomic E-state index is 7.79. The van der Waals surface area contributed by atoms with Crippen molar-refractivity contribution in [3.8, 4) is 18.2 Å². The van der Waals surface area contributed by atoms with E-state index in [1.807, 2.05) is 0 Å². The van der Waals surface area contributed by atoms with Gasteiger partial charge in [-0.05, 0) is 0 Å². The maximum Gasteiger partial charge on any atom is 1.00 e. The predicted molar refractivity (Wildman–Crippen MR) is 20.1 cm³/mol. The summed E-state index contributed by atoms with van der Waals surface area (Å²) in [6.07, 6.45) is 0. The topological polar surface area (TPSA) is 71.4 Å². The second kappa shape index (κ2) is 6.08. The number of nitrogens with zero attached hydrogens (tertiary/aromatic N) is 3. The summed E-state index contributed by atoms with van der Waals surface area (Å²) in [7, 11) is 0. The Morgan fingerprint density at radius 2 is 1.12 bits per heavy atom. The van der Waals surface area contributed by atoms with Crippen LogP contribution in [-0.2, 0) is 22.4 Å². The summed E-state index contributed by atoms with van der Waals surface area (Å²) in [6, 6.07) is 4.19. The molecule has 3 nitrogen and oxygen atoms in total. The van der Waals surface area contributed by atoms with E-state index in [4.69, 9.17) is 15.8 Å². The Morgan fingerprint density at radius 1 is 0.875 bits per heavy atom. The number of nitriles is 3. The molecule has 42 valence electrons. The van der Waals surface area contributed by atoms with Crippen LogP contribution in [0.4, 0.5) is 0 Å². The van der Waals surface area contributed by atoms with Crippen LogP contribution in [0, 0.1) is 39.9 Å². The number of rotatable bonds is 0. The Bertz CT molecular complexity index is 134. The molecule has 0 aromatic carbocycles. The third kappa shape index (κ3) is 3.28. The Labute approximate surface area is 62.6 Å². The summed E-state index contributed by atoms with van der Waals surface area (Å²) in [4.78, 5) is 0. The maximum absolute atomic E-state index is 7.79. The molecule has 0 aliphatic carbocycles. The van der Waals surface area contributed by atoms with Crippen molar-refractivity contribution in [1.82, 2.24) is 0 Å². The Morgan fingerprint density at radius 3 is 1.12 bits per heavy atom. The van der Waals surface area contributed by atoms with Gasteiger partial charge in [-0.1, -0.05) is 24.1 Å². The van der Waals surface area contributed by atoms with Gasteiger partial charge in [-0.25, -0.2) is 15.8 Å². The minimum Gasteiger partial charge on any atom is -0.232 e. The first-order valence-corrected chi connectivity index (χ1v) is 1.42. The normalized spacial score (nSPS) is 4.12. The van der Waals surface area contributed by atoms with Crippen molar-refractivity contribution in [2.45, 2.75) is 0 Å². The largest absolute Gasteiger partial charge is 1.00 e. The van der Waals surface area contributed by atoms with Gasteiger partial charge in [0.1, 0.15) is 0 Å². The van der Waals surface area contributed by atoms with Crippen molar-refractivity contribution in [3.63, 3.8) is 0 Å². The van der Waals surface area contributed by atoms with E-state index in [9.17, 15) is 0 Å². The third-order valence-corrected chi connectivity index (χ3v) is 0.335. The number of hydrogen-bond acceptors (Lipinski definition) is 3. The van der Waals surface area contributed by atoms with Gasteiger partial charge in [0.15, 0.2) is 0 Å². The summed E-state index contributed by atoms with van der Waals surface area (Å²) >= 11 is 0. The molecule has 0 bridgehead atoms. The molecule has 0 saturated carbocycles. The van der Waals surface area contributed by atoms with E-state index in [2.05, 4.69) is 0 Å². The average molecular weight is 198 g/mol. The molecule has 0 aliphatic heterocycles. The van der Waals surface area contributed by atoms with E-state index >= 15 is 0 Å². The van der Waals surface area contributed by atoms with Crippen molar-refractivity contribution in [2.24, 2.45) is 0 Å². The van der Waals surface area contributed by atoms with Crippen LogP contribution in [0.1, 0.15) is 0 Å². The zero-order chi connectivity index (χ0) is 5.70. The van der Waals surface area contributed by atoms with Gasteiger partial charge >= 0.3 is 22.4 Å². The fourth-order valence-electron chi connectivity index (χ4n) is 0.0750. The van der Waals surface area contributed by atoms with Crippen LogP contribution in [0.5, 0.6) is 0 Å². The molecule has 0 unspecified atom stereocenters. The molecule has 0 aromatic rings. The molecule has 0 atom stereocenters. The smallest absolute Gasteiger partial charge is 0.232 e. The van der Waals surface area contributed by atoms with Crippen molar-refractivity contribution in [2.75, 3.05) is 0 Å². The Kier molecular flexibility index (Phi) is 7.71. The minimum absolute atomic E-state index is 0. The summed E-state index contributed by atoms with van der Waals surface area (Å²) in [5.41, 5.74) is 0. The molecule has 0 saturated heterocycles. The molecule has 4 heteroatoms. The van der Waals surface area contributed by atoms with Gasteiger partial charge in [-0.3, -0.25) is 0 Å². The van der Waals surface area contributed by atoms with Crippen LogP contribution in [0.2, 0.25) is 0 Å². The van der Waals surface area contributed by atoms with Gasteiger partial charge in [0, 0.05) is 0 Å². The molecular formula is C4AgN3.